The van der Waals surface area contributed by atoms with Crippen molar-refractivity contribution < 1.29 is 19.0 Å². The van der Waals surface area contributed by atoms with Crippen molar-refractivity contribution in [2.24, 2.45) is 5.73 Å². The van der Waals surface area contributed by atoms with Gasteiger partial charge in [-0.15, -0.1) is 0 Å². The summed E-state index contributed by atoms with van der Waals surface area (Å²) in [7, 11) is 3.12. The van der Waals surface area contributed by atoms with E-state index in [0.717, 1.165) is 30.4 Å². The van der Waals surface area contributed by atoms with E-state index >= 15 is 0 Å². The number of nitrogen functional groups attached to an aromatic ring is 2. The fraction of sp³-hybridized carbons (Fsp3) is 0.421. The molecule has 0 saturated heterocycles. The van der Waals surface area contributed by atoms with E-state index in [4.69, 9.17) is 31.4 Å². The lowest BCUT2D eigenvalue weighted by Gasteiger charge is -2.16. The number of hydrogen-bond donors (Lipinski definition) is 3. The van der Waals surface area contributed by atoms with Gasteiger partial charge in [-0.1, -0.05) is 0 Å². The topological polar surface area (TPSA) is 149 Å². The third kappa shape index (κ3) is 5.90. The lowest BCUT2D eigenvalue weighted by molar-refractivity contribution is -0.118. The summed E-state index contributed by atoms with van der Waals surface area (Å²) >= 11 is 0. The molecule has 0 spiro atoms. The number of unbranched alkanes of at least 4 members (excludes halogenated alkanes) is 2. The van der Waals surface area contributed by atoms with E-state index in [0.29, 0.717) is 42.5 Å². The molecule has 1 aromatic heterocycles. The van der Waals surface area contributed by atoms with Gasteiger partial charge in [0.25, 0.3) is 0 Å². The van der Waals surface area contributed by atoms with Gasteiger partial charge in [-0.3, -0.25) is 4.79 Å². The molecule has 1 aromatic carbocycles. The van der Waals surface area contributed by atoms with E-state index in [1.54, 1.807) is 20.4 Å². The van der Waals surface area contributed by atoms with Gasteiger partial charge in [-0.05, 0) is 37.0 Å². The van der Waals surface area contributed by atoms with Crippen LogP contribution in [0.1, 0.15) is 36.8 Å². The number of amides is 1. The Morgan fingerprint density at radius 2 is 1.82 bits per heavy atom. The van der Waals surface area contributed by atoms with E-state index < -0.39 is 0 Å². The monoisotopic (exact) mass is 389 g/mol. The van der Waals surface area contributed by atoms with Gasteiger partial charge in [0.2, 0.25) is 17.6 Å². The molecule has 2 aromatic rings. The molecule has 6 N–H and O–H groups in total. The number of nitrogens with two attached hydrogens (primary N) is 3. The number of primary amides is 1. The van der Waals surface area contributed by atoms with Gasteiger partial charge in [0.05, 0.1) is 20.8 Å². The van der Waals surface area contributed by atoms with Crippen LogP contribution in [0.3, 0.4) is 0 Å². The van der Waals surface area contributed by atoms with Crippen LogP contribution in [-0.2, 0) is 11.2 Å². The Kier molecular flexibility index (Phi) is 7.67. The molecule has 2 rings (SSSR count). The Labute approximate surface area is 164 Å². The Balaban J connectivity index is 2.12. The van der Waals surface area contributed by atoms with Crippen LogP contribution in [0.15, 0.2) is 18.3 Å². The van der Waals surface area contributed by atoms with Crippen molar-refractivity contribution >= 4 is 17.7 Å². The maximum atomic E-state index is 10.8. The predicted molar refractivity (Wildman–Crippen MR) is 106 cm³/mol. The van der Waals surface area contributed by atoms with Gasteiger partial charge in [-0.2, -0.15) is 4.98 Å². The first-order valence-corrected chi connectivity index (χ1v) is 8.97. The van der Waals surface area contributed by atoms with Crippen LogP contribution in [0.25, 0.3) is 0 Å². The largest absolute Gasteiger partial charge is 0.493 e. The molecule has 0 atom stereocenters. The fourth-order valence-electron chi connectivity index (χ4n) is 2.74. The molecule has 0 radical (unpaired) electrons. The number of benzene rings is 1. The number of ether oxygens (including phenoxy) is 3. The number of rotatable bonds is 11. The standard InChI is InChI=1S/C19H27N5O4/c1-26-14-9-12(8-13-11-23-19(22)24-18(13)21)10-15(17(14)27-2)28-7-5-3-4-6-16(20)25/h9-11H,3-8H2,1-2H3,(H2,20,25)(H4,21,22,23,24). The molecule has 0 aliphatic carbocycles. The van der Waals surface area contributed by atoms with Crippen molar-refractivity contribution in [2.75, 3.05) is 32.3 Å². The SMILES string of the molecule is COc1cc(Cc2cnc(N)nc2N)cc(OCCCCCC(N)=O)c1OC. The van der Waals surface area contributed by atoms with Gasteiger partial charge < -0.3 is 31.4 Å². The Hall–Kier alpha value is -3.23. The first kappa shape index (κ1) is 21.1. The molecule has 1 heterocycles. The van der Waals surface area contributed by atoms with Gasteiger partial charge >= 0.3 is 0 Å². The first-order chi connectivity index (χ1) is 13.4. The quantitative estimate of drug-likeness (QED) is 0.491. The highest BCUT2D eigenvalue weighted by molar-refractivity contribution is 5.73. The number of nitrogens with zero attached hydrogens (tertiary/aromatic N) is 2. The van der Waals surface area contributed by atoms with Crippen LogP contribution in [0, 0.1) is 0 Å². The summed E-state index contributed by atoms with van der Waals surface area (Å²) in [6.07, 6.45) is 4.87. The summed E-state index contributed by atoms with van der Waals surface area (Å²) < 4.78 is 16.8. The van der Waals surface area contributed by atoms with Crippen molar-refractivity contribution in [1.82, 2.24) is 9.97 Å². The fourth-order valence-corrected chi connectivity index (χ4v) is 2.74. The molecule has 0 aliphatic heterocycles. The van der Waals surface area contributed by atoms with E-state index in [1.807, 2.05) is 12.1 Å². The second-order valence-corrected chi connectivity index (χ2v) is 6.27. The molecule has 0 fully saturated rings. The van der Waals surface area contributed by atoms with E-state index in [9.17, 15) is 4.79 Å². The molecule has 0 unspecified atom stereocenters. The van der Waals surface area contributed by atoms with E-state index in [1.165, 1.54) is 0 Å². The molecular weight excluding hydrogens is 362 g/mol. The van der Waals surface area contributed by atoms with Gasteiger partial charge in [0.1, 0.15) is 5.82 Å². The molecule has 9 heteroatoms. The van der Waals surface area contributed by atoms with Gasteiger partial charge in [0.15, 0.2) is 11.5 Å². The lowest BCUT2D eigenvalue weighted by Crippen LogP contribution is -2.09. The molecule has 0 saturated carbocycles. The van der Waals surface area contributed by atoms with E-state index in [-0.39, 0.29) is 11.9 Å². The molecule has 1 amide bonds. The van der Waals surface area contributed by atoms with Crippen LogP contribution in [0.5, 0.6) is 17.2 Å². The van der Waals surface area contributed by atoms with Crippen LogP contribution in [0.4, 0.5) is 11.8 Å². The number of methoxy groups -OCH3 is 2. The number of aromatic nitrogens is 2. The number of anilines is 2. The molecular formula is C19H27N5O4. The molecule has 0 bridgehead atoms. The average Bonchev–Trinajstić information content (AvgIpc) is 2.66. The second-order valence-electron chi connectivity index (χ2n) is 6.27. The van der Waals surface area contributed by atoms with Gasteiger partial charge in [-0.25, -0.2) is 4.98 Å². The zero-order valence-electron chi connectivity index (χ0n) is 16.2. The van der Waals surface area contributed by atoms with Crippen LogP contribution in [0.2, 0.25) is 0 Å². The van der Waals surface area contributed by atoms with Crippen molar-refractivity contribution in [2.45, 2.75) is 32.1 Å². The van der Waals surface area contributed by atoms with Crippen molar-refractivity contribution in [1.29, 1.82) is 0 Å². The summed E-state index contributed by atoms with van der Waals surface area (Å²) in [4.78, 5) is 18.7. The Bertz CT molecular complexity index is 813. The molecule has 0 aliphatic rings. The summed E-state index contributed by atoms with van der Waals surface area (Å²) in [5.74, 6) is 1.82. The third-order valence-electron chi connectivity index (χ3n) is 4.14. The highest BCUT2D eigenvalue weighted by Gasteiger charge is 2.15. The van der Waals surface area contributed by atoms with Crippen LogP contribution < -0.4 is 31.4 Å². The first-order valence-electron chi connectivity index (χ1n) is 8.97. The second kappa shape index (κ2) is 10.2. The summed E-state index contributed by atoms with van der Waals surface area (Å²) in [6.45, 7) is 0.481. The van der Waals surface area contributed by atoms with Crippen LogP contribution >= 0.6 is 0 Å². The molecule has 9 nitrogen and oxygen atoms in total. The van der Waals surface area contributed by atoms with Crippen molar-refractivity contribution in [3.63, 3.8) is 0 Å². The number of carbonyl (C=O) groups excluding carboxylic acids is 1. The van der Waals surface area contributed by atoms with E-state index in [2.05, 4.69) is 9.97 Å². The minimum Gasteiger partial charge on any atom is -0.493 e. The van der Waals surface area contributed by atoms with Gasteiger partial charge in [0, 0.05) is 24.6 Å². The number of hydrogen-bond acceptors (Lipinski definition) is 8. The normalized spacial score (nSPS) is 10.5. The third-order valence-corrected chi connectivity index (χ3v) is 4.14. The van der Waals surface area contributed by atoms with Crippen molar-refractivity contribution in [3.05, 3.63) is 29.5 Å². The average molecular weight is 389 g/mol. The zero-order chi connectivity index (χ0) is 20.5. The number of carbonyl (C=O) groups is 1. The summed E-state index contributed by atoms with van der Waals surface area (Å²) in [6, 6.07) is 3.73. The highest BCUT2D eigenvalue weighted by Crippen LogP contribution is 2.39. The molecule has 28 heavy (non-hydrogen) atoms. The highest BCUT2D eigenvalue weighted by atomic mass is 16.5. The summed E-state index contributed by atoms with van der Waals surface area (Å²) in [5, 5.41) is 0. The Morgan fingerprint density at radius 3 is 2.46 bits per heavy atom. The maximum absolute atomic E-state index is 10.8. The zero-order valence-corrected chi connectivity index (χ0v) is 16.2. The lowest BCUT2D eigenvalue weighted by atomic mass is 10.1. The summed E-state index contributed by atoms with van der Waals surface area (Å²) in [5.41, 5.74) is 18.3. The minimum absolute atomic E-state index is 0.133. The minimum atomic E-state index is -0.286. The smallest absolute Gasteiger partial charge is 0.221 e. The Morgan fingerprint density at radius 1 is 1.07 bits per heavy atom. The van der Waals surface area contributed by atoms with Crippen molar-refractivity contribution in [3.8, 4) is 17.2 Å². The molecule has 152 valence electrons. The van der Waals surface area contributed by atoms with Crippen LogP contribution in [-0.4, -0.2) is 36.7 Å². The maximum Gasteiger partial charge on any atom is 0.221 e. The predicted octanol–water partition coefficient (Wildman–Crippen LogP) is 1.67.